The summed E-state index contributed by atoms with van der Waals surface area (Å²) in [5.74, 6) is -1.60. The zero-order valence-corrected chi connectivity index (χ0v) is 18.8. The van der Waals surface area contributed by atoms with E-state index in [1.54, 1.807) is 53.7 Å². The Hall–Kier alpha value is -3.63. The first-order valence-electron chi connectivity index (χ1n) is 10.7. The molecule has 1 aliphatic rings. The molecule has 7 nitrogen and oxygen atoms in total. The van der Waals surface area contributed by atoms with E-state index in [9.17, 15) is 13.9 Å². The van der Waals surface area contributed by atoms with Crippen LogP contribution in [-0.4, -0.2) is 44.5 Å². The van der Waals surface area contributed by atoms with Crippen LogP contribution in [0.15, 0.2) is 42.6 Å². The molecule has 5 rings (SSSR count). The molecule has 0 spiro atoms. The molecule has 0 bridgehead atoms. The summed E-state index contributed by atoms with van der Waals surface area (Å²) in [6, 6.07) is 7.90. The molecule has 3 heterocycles. The molecule has 4 aromatic rings. The minimum atomic E-state index is -1.08. The van der Waals surface area contributed by atoms with Gasteiger partial charge in [-0.3, -0.25) is 4.90 Å². The molecular formula is C24H23F3N6O. The Balaban J connectivity index is 1.50. The highest BCUT2D eigenvalue weighted by Gasteiger charge is 2.37. The highest BCUT2D eigenvalue weighted by atomic mass is 19.2. The minimum absolute atomic E-state index is 0.260. The summed E-state index contributed by atoms with van der Waals surface area (Å²) in [4.78, 5) is 11.8. The zero-order valence-electron chi connectivity index (χ0n) is 18.8. The van der Waals surface area contributed by atoms with Crippen LogP contribution in [0, 0.1) is 24.4 Å². The second-order valence-electron chi connectivity index (χ2n) is 8.53. The molecule has 0 aliphatic carbocycles. The molecule has 1 saturated heterocycles. The molecule has 34 heavy (non-hydrogen) atoms. The second-order valence-corrected chi connectivity index (χ2v) is 8.53. The van der Waals surface area contributed by atoms with Gasteiger partial charge in [-0.25, -0.2) is 23.1 Å². The topological polar surface area (TPSA) is 83.4 Å². The number of rotatable bonds is 3. The molecule has 2 atom stereocenters. The summed E-state index contributed by atoms with van der Waals surface area (Å²) in [5, 5.41) is 11.3. The number of hydrogen-bond donors (Lipinski definition) is 2. The van der Waals surface area contributed by atoms with E-state index in [1.807, 2.05) is 0 Å². The van der Waals surface area contributed by atoms with Gasteiger partial charge < -0.3 is 20.3 Å². The Morgan fingerprint density at radius 1 is 0.971 bits per heavy atom. The predicted octanol–water partition coefficient (Wildman–Crippen LogP) is 3.71. The van der Waals surface area contributed by atoms with Gasteiger partial charge in [0.15, 0.2) is 18.0 Å². The van der Waals surface area contributed by atoms with Crippen molar-refractivity contribution in [3.8, 4) is 11.1 Å². The first kappa shape index (κ1) is 22.2. The number of nitrogen functional groups attached to an aromatic ring is 1. The standard InChI is InChI=1S/C24H23F3N6O/c1-12-29-22(28)21-16(10-31(2)23(21)30-12)15-6-5-14(9-18(15)26)33-11-20(32(3)24(33)34)13-4-7-17(25)19(27)8-13/h4-10,20,24,34H,11H2,1-3H3,(H2,28,29,30). The molecule has 1 aliphatic heterocycles. The zero-order chi connectivity index (χ0) is 24.3. The first-order chi connectivity index (χ1) is 16.2. The molecule has 0 saturated carbocycles. The lowest BCUT2D eigenvalue weighted by atomic mass is 10.0. The molecule has 10 heteroatoms. The van der Waals surface area contributed by atoms with Gasteiger partial charge in [-0.2, -0.15) is 0 Å². The number of anilines is 2. The average molecular weight is 468 g/mol. The van der Waals surface area contributed by atoms with Crippen LogP contribution < -0.4 is 10.6 Å². The SMILES string of the molecule is Cc1nc(N)c2c(-c3ccc(N4CC(c5ccc(F)c(F)c5)N(C)C4O)cc3F)cn(C)c2n1. The van der Waals surface area contributed by atoms with Crippen LogP contribution in [0.3, 0.4) is 0 Å². The Kier molecular flexibility index (Phi) is 5.22. The smallest absolute Gasteiger partial charge is 0.186 e. The van der Waals surface area contributed by atoms with E-state index < -0.39 is 29.8 Å². The van der Waals surface area contributed by atoms with Crippen LogP contribution in [0.2, 0.25) is 0 Å². The normalized spacial score (nSPS) is 18.9. The first-order valence-corrected chi connectivity index (χ1v) is 10.7. The number of fused-ring (bicyclic) bond motifs is 1. The summed E-state index contributed by atoms with van der Waals surface area (Å²) in [7, 11) is 3.47. The fourth-order valence-electron chi connectivity index (χ4n) is 4.61. The van der Waals surface area contributed by atoms with Crippen molar-refractivity contribution < 1.29 is 18.3 Å². The lowest BCUT2D eigenvalue weighted by Crippen LogP contribution is -2.36. The van der Waals surface area contributed by atoms with Crippen molar-refractivity contribution in [1.82, 2.24) is 19.4 Å². The van der Waals surface area contributed by atoms with E-state index in [4.69, 9.17) is 5.73 Å². The van der Waals surface area contributed by atoms with Crippen molar-refractivity contribution in [2.45, 2.75) is 19.3 Å². The Morgan fingerprint density at radius 2 is 1.74 bits per heavy atom. The fourth-order valence-corrected chi connectivity index (χ4v) is 4.61. The third-order valence-corrected chi connectivity index (χ3v) is 6.36. The van der Waals surface area contributed by atoms with Gasteiger partial charge in [-0.05, 0) is 49.9 Å². The largest absolute Gasteiger partial charge is 0.383 e. The molecule has 2 unspecified atom stereocenters. The van der Waals surface area contributed by atoms with Crippen LogP contribution in [0.1, 0.15) is 17.4 Å². The third kappa shape index (κ3) is 3.46. The van der Waals surface area contributed by atoms with Crippen molar-refractivity contribution in [1.29, 1.82) is 0 Å². The van der Waals surface area contributed by atoms with Crippen LogP contribution >= 0.6 is 0 Å². The molecule has 2 aromatic carbocycles. The lowest BCUT2D eigenvalue weighted by molar-refractivity contribution is 0.0387. The van der Waals surface area contributed by atoms with E-state index in [-0.39, 0.29) is 12.4 Å². The van der Waals surface area contributed by atoms with Gasteiger partial charge in [0, 0.05) is 36.6 Å². The van der Waals surface area contributed by atoms with Crippen LogP contribution in [-0.2, 0) is 7.05 Å². The molecule has 1 fully saturated rings. The van der Waals surface area contributed by atoms with Crippen molar-refractivity contribution in [2.24, 2.45) is 7.05 Å². The number of benzene rings is 2. The van der Waals surface area contributed by atoms with Gasteiger partial charge in [0.25, 0.3) is 0 Å². The van der Waals surface area contributed by atoms with Crippen molar-refractivity contribution in [3.05, 3.63) is 71.4 Å². The van der Waals surface area contributed by atoms with Crippen LogP contribution in [0.25, 0.3) is 22.2 Å². The Labute approximate surface area is 193 Å². The average Bonchev–Trinajstić information content (AvgIpc) is 3.27. The second kappa shape index (κ2) is 8.00. The summed E-state index contributed by atoms with van der Waals surface area (Å²) < 4.78 is 44.3. The summed E-state index contributed by atoms with van der Waals surface area (Å²) in [5.41, 5.74) is 8.59. The Morgan fingerprint density at radius 3 is 2.44 bits per heavy atom. The maximum absolute atomic E-state index is 15.4. The van der Waals surface area contributed by atoms with E-state index in [0.29, 0.717) is 39.2 Å². The number of aromatic nitrogens is 3. The minimum Gasteiger partial charge on any atom is -0.383 e. The molecule has 0 amide bonds. The highest BCUT2D eigenvalue weighted by molar-refractivity contribution is 6.01. The van der Waals surface area contributed by atoms with E-state index in [2.05, 4.69) is 9.97 Å². The van der Waals surface area contributed by atoms with Crippen LogP contribution in [0.4, 0.5) is 24.7 Å². The monoisotopic (exact) mass is 468 g/mol. The van der Waals surface area contributed by atoms with Gasteiger partial charge in [0.2, 0.25) is 0 Å². The quantitative estimate of drug-likeness (QED) is 0.477. The molecular weight excluding hydrogens is 445 g/mol. The highest BCUT2D eigenvalue weighted by Crippen LogP contribution is 2.38. The van der Waals surface area contributed by atoms with Crippen LogP contribution in [0.5, 0.6) is 0 Å². The van der Waals surface area contributed by atoms with Gasteiger partial charge in [0.1, 0.15) is 23.1 Å². The number of aryl methyl sites for hydroxylation is 2. The number of nitrogens with two attached hydrogens (primary N) is 1. The number of hydrogen-bond acceptors (Lipinski definition) is 6. The molecule has 176 valence electrons. The molecule has 2 aromatic heterocycles. The fraction of sp³-hybridized carbons (Fsp3) is 0.250. The number of aliphatic hydroxyl groups excluding tert-OH is 1. The number of halogens is 3. The van der Waals surface area contributed by atoms with Gasteiger partial charge in [0.05, 0.1) is 11.4 Å². The molecule has 3 N–H and O–H groups in total. The van der Waals surface area contributed by atoms with E-state index >= 15 is 4.39 Å². The molecule has 0 radical (unpaired) electrons. The van der Waals surface area contributed by atoms with Gasteiger partial charge in [-0.15, -0.1) is 0 Å². The maximum Gasteiger partial charge on any atom is 0.186 e. The predicted molar refractivity (Wildman–Crippen MR) is 123 cm³/mol. The summed E-state index contributed by atoms with van der Waals surface area (Å²) in [6.07, 6.45) is 0.679. The number of nitrogens with zero attached hydrogens (tertiary/aromatic N) is 5. The number of likely N-dealkylation sites (N-methyl/N-ethyl adjacent to an activating group) is 1. The summed E-state index contributed by atoms with van der Waals surface area (Å²) in [6.45, 7) is 2.00. The van der Waals surface area contributed by atoms with Gasteiger partial charge in [-0.1, -0.05) is 6.07 Å². The van der Waals surface area contributed by atoms with Crippen molar-refractivity contribution >= 4 is 22.5 Å². The van der Waals surface area contributed by atoms with E-state index in [1.165, 1.54) is 12.1 Å². The van der Waals surface area contributed by atoms with Gasteiger partial charge >= 0.3 is 0 Å². The lowest BCUT2D eigenvalue weighted by Gasteiger charge is -2.25. The number of aliphatic hydroxyl groups is 1. The maximum atomic E-state index is 15.4. The summed E-state index contributed by atoms with van der Waals surface area (Å²) >= 11 is 0. The third-order valence-electron chi connectivity index (χ3n) is 6.36. The van der Waals surface area contributed by atoms with E-state index in [0.717, 1.165) is 12.1 Å². The van der Waals surface area contributed by atoms with Crippen molar-refractivity contribution in [2.75, 3.05) is 24.2 Å². The van der Waals surface area contributed by atoms with Crippen molar-refractivity contribution in [3.63, 3.8) is 0 Å². The Bertz CT molecular complexity index is 1420.